The SMILES string of the molecule is CC1(CCc2c[nH]c3nc(N)[nH]c(=O)c23)C=CC(C(=O)N[C@@H](CCC(=O)O)C(=O)O)=CC1. The number of rotatable bonds is 9. The molecule has 2 aromatic rings. The topological polar surface area (TPSA) is 191 Å². The van der Waals surface area contributed by atoms with Crippen molar-refractivity contribution in [3.05, 3.63) is 45.9 Å². The van der Waals surface area contributed by atoms with Gasteiger partial charge in [-0.25, -0.2) is 4.79 Å². The predicted molar refractivity (Wildman–Crippen MR) is 116 cm³/mol. The number of carbonyl (C=O) groups is 3. The monoisotopic (exact) mass is 443 g/mol. The molecular formula is C21H25N5O6. The second kappa shape index (κ2) is 9.08. The highest BCUT2D eigenvalue weighted by Gasteiger charge is 2.27. The Balaban J connectivity index is 1.62. The maximum absolute atomic E-state index is 12.4. The van der Waals surface area contributed by atoms with E-state index in [4.69, 9.17) is 10.8 Å². The van der Waals surface area contributed by atoms with Gasteiger partial charge in [0.05, 0.1) is 5.39 Å². The summed E-state index contributed by atoms with van der Waals surface area (Å²) in [7, 11) is 0. The second-order valence-corrected chi connectivity index (χ2v) is 8.14. The molecule has 0 saturated heterocycles. The third kappa shape index (κ3) is 5.23. The zero-order chi connectivity index (χ0) is 23.5. The van der Waals surface area contributed by atoms with Crippen LogP contribution < -0.4 is 16.6 Å². The van der Waals surface area contributed by atoms with Crippen molar-refractivity contribution in [1.82, 2.24) is 20.3 Å². The van der Waals surface area contributed by atoms with E-state index in [1.807, 2.05) is 13.0 Å². The fraction of sp³-hybridized carbons (Fsp3) is 0.381. The van der Waals surface area contributed by atoms with Crippen LogP contribution in [0.3, 0.4) is 0 Å². The molecule has 2 heterocycles. The average molecular weight is 443 g/mol. The number of aryl methyl sites for hydroxylation is 1. The van der Waals surface area contributed by atoms with Crippen LogP contribution in [0.5, 0.6) is 0 Å². The van der Waals surface area contributed by atoms with Crippen molar-refractivity contribution in [2.24, 2.45) is 5.41 Å². The van der Waals surface area contributed by atoms with E-state index < -0.39 is 23.9 Å². The van der Waals surface area contributed by atoms with Crippen molar-refractivity contribution in [3.63, 3.8) is 0 Å². The third-order valence-corrected chi connectivity index (χ3v) is 5.57. The minimum Gasteiger partial charge on any atom is -0.481 e. The zero-order valence-electron chi connectivity index (χ0n) is 17.5. The Hall–Kier alpha value is -3.89. The molecule has 0 aromatic carbocycles. The normalized spacial score (nSPS) is 18.8. The van der Waals surface area contributed by atoms with E-state index in [1.165, 1.54) is 0 Å². The summed E-state index contributed by atoms with van der Waals surface area (Å²) in [5.74, 6) is -2.93. The summed E-state index contributed by atoms with van der Waals surface area (Å²) in [5.41, 5.74) is 6.57. The highest BCUT2D eigenvalue weighted by Crippen LogP contribution is 2.34. The molecule has 1 aliphatic carbocycles. The summed E-state index contributed by atoms with van der Waals surface area (Å²) in [6.45, 7) is 2.02. The first-order valence-electron chi connectivity index (χ1n) is 10.1. The predicted octanol–water partition coefficient (Wildman–Crippen LogP) is 1.09. The first-order valence-corrected chi connectivity index (χ1v) is 10.1. The number of hydrogen-bond donors (Lipinski definition) is 6. The van der Waals surface area contributed by atoms with E-state index in [2.05, 4.69) is 20.3 Å². The number of carboxylic acid groups (broad SMARTS) is 2. The molecule has 1 amide bonds. The molecule has 0 spiro atoms. The number of aromatic amines is 2. The third-order valence-electron chi connectivity index (χ3n) is 5.57. The van der Waals surface area contributed by atoms with Gasteiger partial charge < -0.3 is 26.2 Å². The first-order chi connectivity index (χ1) is 15.1. The number of nitrogens with zero attached hydrogens (tertiary/aromatic N) is 1. The van der Waals surface area contributed by atoms with Gasteiger partial charge in [0.15, 0.2) is 0 Å². The molecule has 2 atom stereocenters. The molecule has 11 nitrogen and oxygen atoms in total. The highest BCUT2D eigenvalue weighted by atomic mass is 16.4. The molecule has 1 unspecified atom stereocenters. The number of nitrogens with one attached hydrogen (secondary N) is 3. The van der Waals surface area contributed by atoms with Crippen LogP contribution in [0, 0.1) is 5.41 Å². The van der Waals surface area contributed by atoms with Gasteiger partial charge in [0.25, 0.3) is 11.5 Å². The molecule has 1 aliphatic rings. The van der Waals surface area contributed by atoms with E-state index in [1.54, 1.807) is 18.3 Å². The van der Waals surface area contributed by atoms with Crippen molar-refractivity contribution in [3.8, 4) is 0 Å². The number of nitrogens with two attached hydrogens (primary N) is 1. The summed E-state index contributed by atoms with van der Waals surface area (Å²) in [5, 5.41) is 20.8. The molecule has 7 N–H and O–H groups in total. The van der Waals surface area contributed by atoms with E-state index >= 15 is 0 Å². The van der Waals surface area contributed by atoms with Gasteiger partial charge in [0, 0.05) is 18.2 Å². The van der Waals surface area contributed by atoms with Gasteiger partial charge in [-0.15, -0.1) is 0 Å². The number of aliphatic carboxylic acids is 2. The number of carboxylic acids is 2. The average Bonchev–Trinajstić information content (AvgIpc) is 3.12. The fourth-order valence-corrected chi connectivity index (χ4v) is 3.63. The molecule has 3 rings (SSSR count). The van der Waals surface area contributed by atoms with Crippen molar-refractivity contribution >= 4 is 34.8 Å². The van der Waals surface area contributed by atoms with Gasteiger partial charge in [0.2, 0.25) is 5.95 Å². The Labute approximate surface area is 182 Å². The molecule has 0 saturated carbocycles. The lowest BCUT2D eigenvalue weighted by atomic mass is 9.77. The van der Waals surface area contributed by atoms with Crippen molar-refractivity contribution in [2.45, 2.75) is 45.1 Å². The van der Waals surface area contributed by atoms with Crippen molar-refractivity contribution < 1.29 is 24.6 Å². The van der Waals surface area contributed by atoms with E-state index in [-0.39, 0.29) is 29.8 Å². The molecule has 0 radical (unpaired) electrons. The van der Waals surface area contributed by atoms with Crippen LogP contribution >= 0.6 is 0 Å². The second-order valence-electron chi connectivity index (χ2n) is 8.14. The number of fused-ring (bicyclic) bond motifs is 1. The molecule has 2 aromatic heterocycles. The number of allylic oxidation sites excluding steroid dienone is 2. The summed E-state index contributed by atoms with van der Waals surface area (Å²) in [4.78, 5) is 56.1. The quantitative estimate of drug-likeness (QED) is 0.332. The van der Waals surface area contributed by atoms with Crippen LogP contribution in [0.2, 0.25) is 0 Å². The van der Waals surface area contributed by atoms with Gasteiger partial charge >= 0.3 is 11.9 Å². The van der Waals surface area contributed by atoms with Gasteiger partial charge in [-0.2, -0.15) is 4.98 Å². The van der Waals surface area contributed by atoms with Gasteiger partial charge in [-0.1, -0.05) is 25.2 Å². The Morgan fingerprint density at radius 2 is 2.09 bits per heavy atom. The Bertz CT molecular complexity index is 1180. The van der Waals surface area contributed by atoms with Crippen LogP contribution in [0.1, 0.15) is 38.2 Å². The van der Waals surface area contributed by atoms with Gasteiger partial charge in [-0.05, 0) is 36.7 Å². The summed E-state index contributed by atoms with van der Waals surface area (Å²) < 4.78 is 0. The number of hydrogen-bond acceptors (Lipinski definition) is 6. The smallest absolute Gasteiger partial charge is 0.326 e. The van der Waals surface area contributed by atoms with E-state index in [0.717, 1.165) is 5.56 Å². The number of anilines is 1. The largest absolute Gasteiger partial charge is 0.481 e. The number of amides is 1. The van der Waals surface area contributed by atoms with Crippen LogP contribution in [0.4, 0.5) is 5.95 Å². The molecule has 32 heavy (non-hydrogen) atoms. The standard InChI is InChI=1S/C21H25N5O6/c1-21(9-6-12-10-23-16-15(12)18(30)26-20(22)25-16)7-4-11(5-8-21)17(29)24-13(19(31)32)2-3-14(27)28/h4-5,7,10,13H,2-3,6,8-9H2,1H3,(H,24,29)(H,27,28)(H,31,32)(H4,22,23,25,26,30)/t13-,21?/m0/s1. The molecule has 0 bridgehead atoms. The minimum atomic E-state index is -1.28. The van der Waals surface area contributed by atoms with Crippen LogP contribution in [-0.2, 0) is 20.8 Å². The lowest BCUT2D eigenvalue weighted by Gasteiger charge is -2.28. The van der Waals surface area contributed by atoms with E-state index in [0.29, 0.717) is 35.9 Å². The number of carbonyl (C=O) groups excluding carboxylic acids is 1. The zero-order valence-corrected chi connectivity index (χ0v) is 17.5. The number of H-pyrrole nitrogens is 2. The lowest BCUT2D eigenvalue weighted by Crippen LogP contribution is -2.41. The Morgan fingerprint density at radius 1 is 1.34 bits per heavy atom. The minimum absolute atomic E-state index is 0.0436. The van der Waals surface area contributed by atoms with Crippen LogP contribution in [0.25, 0.3) is 11.0 Å². The van der Waals surface area contributed by atoms with Gasteiger partial charge in [0.1, 0.15) is 11.7 Å². The molecule has 170 valence electrons. The number of nitrogen functional groups attached to an aromatic ring is 1. The molecule has 0 fully saturated rings. The summed E-state index contributed by atoms with van der Waals surface area (Å²) in [6, 6.07) is -1.27. The van der Waals surface area contributed by atoms with E-state index in [9.17, 15) is 24.3 Å². The van der Waals surface area contributed by atoms with Crippen molar-refractivity contribution in [2.75, 3.05) is 5.73 Å². The van der Waals surface area contributed by atoms with Crippen LogP contribution in [0.15, 0.2) is 34.8 Å². The number of aromatic nitrogens is 3. The fourth-order valence-electron chi connectivity index (χ4n) is 3.63. The van der Waals surface area contributed by atoms with Gasteiger partial charge in [-0.3, -0.25) is 19.4 Å². The maximum atomic E-state index is 12.4. The lowest BCUT2D eigenvalue weighted by molar-refractivity contribution is -0.142. The molecule has 0 aliphatic heterocycles. The molecule has 11 heteroatoms. The summed E-state index contributed by atoms with van der Waals surface area (Å²) in [6.07, 6.45) is 8.28. The molecular weight excluding hydrogens is 418 g/mol. The van der Waals surface area contributed by atoms with Crippen LogP contribution in [-0.4, -0.2) is 49.1 Å². The maximum Gasteiger partial charge on any atom is 0.326 e. The summed E-state index contributed by atoms with van der Waals surface area (Å²) >= 11 is 0. The van der Waals surface area contributed by atoms with Crippen molar-refractivity contribution in [1.29, 1.82) is 0 Å². The Kier molecular flexibility index (Phi) is 6.47. The highest BCUT2D eigenvalue weighted by molar-refractivity contribution is 5.98. The first kappa shape index (κ1) is 22.8. The Morgan fingerprint density at radius 3 is 2.72 bits per heavy atom.